The van der Waals surface area contributed by atoms with Crippen molar-refractivity contribution in [2.75, 3.05) is 0 Å². The molecule has 0 radical (unpaired) electrons. The van der Waals surface area contributed by atoms with E-state index in [0.29, 0.717) is 12.5 Å². The van der Waals surface area contributed by atoms with Gasteiger partial charge in [0.2, 0.25) is 5.88 Å². The minimum atomic E-state index is -0.357. The van der Waals surface area contributed by atoms with Gasteiger partial charge in [0.05, 0.1) is 16.8 Å². The van der Waals surface area contributed by atoms with Crippen LogP contribution < -0.4 is 10.2 Å². The summed E-state index contributed by atoms with van der Waals surface area (Å²) in [5.41, 5.74) is 3.34. The summed E-state index contributed by atoms with van der Waals surface area (Å²) in [4.78, 5) is 4.07. The van der Waals surface area contributed by atoms with Crippen molar-refractivity contribution < 1.29 is 14.0 Å². The lowest BCUT2D eigenvalue weighted by Crippen LogP contribution is -2.41. The molecule has 3 aromatic rings. The van der Waals surface area contributed by atoms with Crippen LogP contribution >= 0.6 is 0 Å². The predicted octanol–water partition coefficient (Wildman–Crippen LogP) is 3.36. The van der Waals surface area contributed by atoms with Gasteiger partial charge < -0.3 is 14.0 Å². The number of nitrogens with zero attached hydrogens (tertiary/aromatic N) is 3. The second kappa shape index (κ2) is 7.32. The van der Waals surface area contributed by atoms with Crippen molar-refractivity contribution in [3.63, 3.8) is 0 Å². The van der Waals surface area contributed by atoms with Gasteiger partial charge in [-0.2, -0.15) is 0 Å². The molecule has 1 aromatic carbocycles. The van der Waals surface area contributed by atoms with E-state index < -0.39 is 0 Å². The molecular weight excluding hydrogens is 365 g/mol. The van der Waals surface area contributed by atoms with Gasteiger partial charge in [-0.3, -0.25) is 9.67 Å². The lowest BCUT2D eigenvalue weighted by molar-refractivity contribution is 0.00578. The van der Waals surface area contributed by atoms with E-state index in [1.165, 1.54) is 0 Å². The van der Waals surface area contributed by atoms with Crippen LogP contribution in [0.1, 0.15) is 33.3 Å². The fraction of sp³-hybridized carbons (Fsp3) is 0.364. The van der Waals surface area contributed by atoms with E-state index >= 15 is 0 Å². The van der Waals surface area contributed by atoms with Gasteiger partial charge in [0.1, 0.15) is 6.61 Å². The predicted molar refractivity (Wildman–Crippen MR) is 113 cm³/mol. The number of rotatable bonds is 5. The monoisotopic (exact) mass is 391 g/mol. The maximum atomic E-state index is 6.12. The third-order valence-electron chi connectivity index (χ3n) is 5.67. The minimum absolute atomic E-state index is 0.345. The number of ether oxygens (including phenoxy) is 1. The van der Waals surface area contributed by atoms with Gasteiger partial charge in [-0.15, -0.1) is 5.10 Å². The number of aromatic nitrogens is 3. The number of hydrogen-bond acceptors (Lipinski definition) is 5. The standard InChI is InChI=1S/C22H26BN3O3/c1-21(2)22(3,4)29-23(28-21)18-8-6-16(7-9-18)15-27-20-19(14-26(5)25-20)17-10-12-24-13-11-17/h6-14H,15H2,1-5H3. The number of aryl methyl sites for hydroxylation is 1. The first-order chi connectivity index (χ1) is 13.7. The Bertz CT molecular complexity index is 968. The zero-order chi connectivity index (χ0) is 20.6. The molecule has 6 nitrogen and oxygen atoms in total. The van der Waals surface area contributed by atoms with Gasteiger partial charge in [-0.1, -0.05) is 24.3 Å². The highest BCUT2D eigenvalue weighted by atomic mass is 16.7. The third-order valence-corrected chi connectivity index (χ3v) is 5.67. The number of pyridine rings is 1. The molecule has 0 aliphatic carbocycles. The van der Waals surface area contributed by atoms with Gasteiger partial charge in [0.25, 0.3) is 0 Å². The van der Waals surface area contributed by atoms with Crippen LogP contribution in [0.25, 0.3) is 11.1 Å². The summed E-state index contributed by atoms with van der Waals surface area (Å²) in [6.45, 7) is 8.66. The molecule has 150 valence electrons. The van der Waals surface area contributed by atoms with Crippen LogP contribution in [0.4, 0.5) is 0 Å². The molecule has 0 saturated carbocycles. The summed E-state index contributed by atoms with van der Waals surface area (Å²) in [6, 6.07) is 12.0. The van der Waals surface area contributed by atoms with Crippen LogP contribution in [0.3, 0.4) is 0 Å². The van der Waals surface area contributed by atoms with E-state index in [0.717, 1.165) is 22.2 Å². The Morgan fingerprint density at radius 2 is 1.59 bits per heavy atom. The van der Waals surface area contributed by atoms with Crippen LogP contribution in [0.2, 0.25) is 0 Å². The highest BCUT2D eigenvalue weighted by molar-refractivity contribution is 6.62. The van der Waals surface area contributed by atoms with E-state index in [9.17, 15) is 0 Å². The van der Waals surface area contributed by atoms with Gasteiger partial charge >= 0.3 is 7.12 Å². The van der Waals surface area contributed by atoms with Crippen molar-refractivity contribution in [1.29, 1.82) is 0 Å². The quantitative estimate of drug-likeness (QED) is 0.625. The Morgan fingerprint density at radius 1 is 0.966 bits per heavy atom. The second-order valence-corrected chi connectivity index (χ2v) is 8.38. The third kappa shape index (κ3) is 3.93. The van der Waals surface area contributed by atoms with Crippen LogP contribution in [-0.4, -0.2) is 33.1 Å². The zero-order valence-electron chi connectivity index (χ0n) is 17.5. The Labute approximate surface area is 172 Å². The summed E-state index contributed by atoms with van der Waals surface area (Å²) < 4.78 is 20.0. The Kier molecular flexibility index (Phi) is 4.96. The van der Waals surface area contributed by atoms with Gasteiger partial charge in [0, 0.05) is 25.6 Å². The summed E-state index contributed by atoms with van der Waals surface area (Å²) in [5, 5.41) is 4.45. The van der Waals surface area contributed by atoms with Crippen molar-refractivity contribution in [1.82, 2.24) is 14.8 Å². The van der Waals surface area contributed by atoms with E-state index in [4.69, 9.17) is 14.0 Å². The summed E-state index contributed by atoms with van der Waals surface area (Å²) in [7, 11) is 1.53. The first-order valence-electron chi connectivity index (χ1n) is 9.76. The van der Waals surface area contributed by atoms with Crippen LogP contribution in [-0.2, 0) is 23.0 Å². The number of benzene rings is 1. The van der Waals surface area contributed by atoms with Gasteiger partial charge in [-0.05, 0) is 56.4 Å². The van der Waals surface area contributed by atoms with Crippen molar-refractivity contribution in [3.8, 4) is 17.0 Å². The fourth-order valence-corrected chi connectivity index (χ4v) is 3.21. The van der Waals surface area contributed by atoms with Crippen molar-refractivity contribution in [3.05, 3.63) is 60.6 Å². The fourth-order valence-electron chi connectivity index (χ4n) is 3.21. The van der Waals surface area contributed by atoms with Crippen molar-refractivity contribution >= 4 is 12.6 Å². The molecule has 0 amide bonds. The first-order valence-corrected chi connectivity index (χ1v) is 9.76. The lowest BCUT2D eigenvalue weighted by Gasteiger charge is -2.32. The molecule has 1 aliphatic rings. The molecule has 1 saturated heterocycles. The SMILES string of the molecule is Cn1cc(-c2ccncc2)c(OCc2ccc(B3OC(C)(C)C(C)(C)O3)cc2)n1. The lowest BCUT2D eigenvalue weighted by atomic mass is 9.79. The molecule has 1 aliphatic heterocycles. The van der Waals surface area contributed by atoms with Crippen LogP contribution in [0.5, 0.6) is 5.88 Å². The van der Waals surface area contributed by atoms with E-state index in [-0.39, 0.29) is 18.3 Å². The molecule has 0 N–H and O–H groups in total. The average molecular weight is 391 g/mol. The molecule has 7 heteroatoms. The molecule has 3 heterocycles. The zero-order valence-corrected chi connectivity index (χ0v) is 17.5. The topological polar surface area (TPSA) is 58.4 Å². The van der Waals surface area contributed by atoms with Crippen molar-refractivity contribution in [2.24, 2.45) is 7.05 Å². The second-order valence-electron chi connectivity index (χ2n) is 8.38. The molecule has 0 atom stereocenters. The minimum Gasteiger partial charge on any atom is -0.471 e. The molecule has 29 heavy (non-hydrogen) atoms. The van der Waals surface area contributed by atoms with E-state index in [2.05, 4.69) is 37.8 Å². The van der Waals surface area contributed by atoms with E-state index in [1.807, 2.05) is 49.6 Å². The average Bonchev–Trinajstić information content (AvgIpc) is 3.17. The molecule has 0 spiro atoms. The largest absolute Gasteiger partial charge is 0.494 e. The highest BCUT2D eigenvalue weighted by Crippen LogP contribution is 2.36. The molecule has 4 rings (SSSR count). The smallest absolute Gasteiger partial charge is 0.471 e. The van der Waals surface area contributed by atoms with Crippen LogP contribution in [0.15, 0.2) is 55.0 Å². The maximum absolute atomic E-state index is 6.12. The Morgan fingerprint density at radius 3 is 2.21 bits per heavy atom. The number of hydrogen-bond donors (Lipinski definition) is 0. The van der Waals surface area contributed by atoms with Crippen molar-refractivity contribution in [2.45, 2.75) is 45.5 Å². The maximum Gasteiger partial charge on any atom is 0.494 e. The highest BCUT2D eigenvalue weighted by Gasteiger charge is 2.51. The Balaban J connectivity index is 1.45. The molecule has 0 unspecified atom stereocenters. The van der Waals surface area contributed by atoms with Gasteiger partial charge in [-0.25, -0.2) is 0 Å². The van der Waals surface area contributed by atoms with E-state index in [1.54, 1.807) is 17.1 Å². The first kappa shape index (κ1) is 19.7. The van der Waals surface area contributed by atoms with Gasteiger partial charge in [0.15, 0.2) is 0 Å². The summed E-state index contributed by atoms with van der Waals surface area (Å²) in [5.74, 6) is 0.605. The van der Waals surface area contributed by atoms with Crippen LogP contribution in [0, 0.1) is 0 Å². The molecule has 2 aromatic heterocycles. The Hall–Kier alpha value is -2.64. The normalized spacial score (nSPS) is 17.5. The molecule has 1 fully saturated rings. The molecular formula is C22H26BN3O3. The summed E-state index contributed by atoms with van der Waals surface area (Å²) in [6.07, 6.45) is 5.48. The molecule has 0 bridgehead atoms. The summed E-state index contributed by atoms with van der Waals surface area (Å²) >= 11 is 0.